The van der Waals surface area contributed by atoms with E-state index in [0.29, 0.717) is 12.3 Å². The van der Waals surface area contributed by atoms with Gasteiger partial charge in [0.2, 0.25) is 5.88 Å². The van der Waals surface area contributed by atoms with Gasteiger partial charge in [0.1, 0.15) is 0 Å². The molecule has 3 N–H and O–H groups in total. The summed E-state index contributed by atoms with van der Waals surface area (Å²) in [7, 11) is 1.57. The summed E-state index contributed by atoms with van der Waals surface area (Å²) in [6.07, 6.45) is 2.34. The normalized spacial score (nSPS) is 11.6. The number of aromatic nitrogens is 1. The molecule has 1 atom stereocenters. The van der Waals surface area contributed by atoms with Gasteiger partial charge in [0.05, 0.1) is 13.7 Å². The van der Waals surface area contributed by atoms with E-state index in [1.54, 1.807) is 19.4 Å². The summed E-state index contributed by atoms with van der Waals surface area (Å²) in [4.78, 5) is 4.03. The monoisotopic (exact) mass is 218 g/mol. The maximum absolute atomic E-state index is 8.73. The number of ether oxygens (including phenoxy) is 1. The molecule has 0 aliphatic heterocycles. The van der Waals surface area contributed by atoms with Gasteiger partial charge in [0, 0.05) is 18.3 Å². The first-order chi connectivity index (χ1) is 6.26. The van der Waals surface area contributed by atoms with Crippen molar-refractivity contribution in [3.63, 3.8) is 0 Å². The Morgan fingerprint density at radius 2 is 2.29 bits per heavy atom. The molecule has 0 saturated carbocycles. The minimum atomic E-state index is -0.213. The quantitative estimate of drug-likeness (QED) is 0.767. The Balaban J connectivity index is 0.00000169. The van der Waals surface area contributed by atoms with E-state index in [1.807, 2.05) is 6.07 Å². The topological polar surface area (TPSA) is 68.4 Å². The second kappa shape index (κ2) is 6.59. The van der Waals surface area contributed by atoms with E-state index in [4.69, 9.17) is 15.6 Å². The van der Waals surface area contributed by atoms with Crippen LogP contribution in [-0.2, 0) is 6.42 Å². The molecule has 1 rings (SSSR count). The summed E-state index contributed by atoms with van der Waals surface area (Å²) in [5.74, 6) is 0.585. The molecule has 0 aliphatic carbocycles. The molecule has 0 radical (unpaired) electrons. The molecule has 0 aromatic carbocycles. The number of hydrogen-bond acceptors (Lipinski definition) is 4. The van der Waals surface area contributed by atoms with E-state index in [1.165, 1.54) is 0 Å². The molecular weight excluding hydrogens is 204 g/mol. The van der Waals surface area contributed by atoms with Crippen molar-refractivity contribution in [1.82, 2.24) is 4.98 Å². The molecular formula is C9H15ClN2O2. The first-order valence-electron chi connectivity index (χ1n) is 4.11. The van der Waals surface area contributed by atoms with Crippen molar-refractivity contribution in [2.75, 3.05) is 13.7 Å². The summed E-state index contributed by atoms with van der Waals surface area (Å²) < 4.78 is 4.91. The van der Waals surface area contributed by atoms with Gasteiger partial charge in [0.15, 0.2) is 0 Å². The smallest absolute Gasteiger partial charge is 0.212 e. The van der Waals surface area contributed by atoms with E-state index < -0.39 is 0 Å². The number of rotatable bonds is 4. The average molecular weight is 219 g/mol. The molecule has 5 heteroatoms. The molecule has 0 fully saturated rings. The number of methoxy groups -OCH3 is 1. The number of pyridine rings is 1. The number of halogens is 1. The van der Waals surface area contributed by atoms with Crippen LogP contribution in [0.5, 0.6) is 5.88 Å². The first kappa shape index (κ1) is 13.2. The molecule has 4 nitrogen and oxygen atoms in total. The Kier molecular flexibility index (Phi) is 6.19. The Bertz CT molecular complexity index is 253. The molecule has 0 spiro atoms. The van der Waals surface area contributed by atoms with Crippen LogP contribution in [0.4, 0.5) is 0 Å². The predicted octanol–water partition coefficient (Wildman–Crippen LogP) is 0.374. The Hall–Kier alpha value is -0.840. The zero-order valence-electron chi connectivity index (χ0n) is 8.01. The van der Waals surface area contributed by atoms with Crippen LogP contribution in [-0.4, -0.2) is 29.8 Å². The van der Waals surface area contributed by atoms with Crippen LogP contribution in [0.15, 0.2) is 18.3 Å². The second-order valence-corrected chi connectivity index (χ2v) is 2.86. The minimum absolute atomic E-state index is 0. The lowest BCUT2D eigenvalue weighted by molar-refractivity contribution is 0.265. The van der Waals surface area contributed by atoms with Crippen LogP contribution in [0.2, 0.25) is 0 Å². The van der Waals surface area contributed by atoms with Gasteiger partial charge in [-0.2, -0.15) is 0 Å². The number of aliphatic hydroxyl groups is 1. The molecule has 0 amide bonds. The number of hydrogen-bond donors (Lipinski definition) is 2. The summed E-state index contributed by atoms with van der Waals surface area (Å²) in [5.41, 5.74) is 6.57. The third-order valence-electron chi connectivity index (χ3n) is 1.74. The standard InChI is InChI=1S/C9H14N2O2.ClH/c1-13-9-3-2-7(5-11-9)4-8(10)6-12;/h2-3,5,8,12H,4,6,10H2,1H3;1H. The molecule has 1 heterocycles. The molecule has 1 aromatic heterocycles. The molecule has 1 aromatic rings. The highest BCUT2D eigenvalue weighted by molar-refractivity contribution is 5.85. The summed E-state index contributed by atoms with van der Waals surface area (Å²) in [6, 6.07) is 3.45. The van der Waals surface area contributed by atoms with Crippen LogP contribution < -0.4 is 10.5 Å². The molecule has 14 heavy (non-hydrogen) atoms. The number of nitrogens with two attached hydrogens (primary N) is 1. The van der Waals surface area contributed by atoms with Crippen molar-refractivity contribution in [2.45, 2.75) is 12.5 Å². The van der Waals surface area contributed by atoms with Crippen molar-refractivity contribution in [2.24, 2.45) is 5.73 Å². The first-order valence-corrected chi connectivity index (χ1v) is 4.11. The predicted molar refractivity (Wildman–Crippen MR) is 56.8 cm³/mol. The van der Waals surface area contributed by atoms with Crippen molar-refractivity contribution in [3.8, 4) is 5.88 Å². The van der Waals surface area contributed by atoms with Gasteiger partial charge in [-0.3, -0.25) is 0 Å². The van der Waals surface area contributed by atoms with E-state index in [9.17, 15) is 0 Å². The summed E-state index contributed by atoms with van der Waals surface area (Å²) in [6.45, 7) is -0.00791. The fraction of sp³-hybridized carbons (Fsp3) is 0.444. The zero-order valence-corrected chi connectivity index (χ0v) is 8.83. The molecule has 80 valence electrons. The number of aliphatic hydroxyl groups excluding tert-OH is 1. The Morgan fingerprint density at radius 3 is 2.71 bits per heavy atom. The van der Waals surface area contributed by atoms with Gasteiger partial charge in [0.25, 0.3) is 0 Å². The second-order valence-electron chi connectivity index (χ2n) is 2.86. The van der Waals surface area contributed by atoms with E-state index >= 15 is 0 Å². The van der Waals surface area contributed by atoms with E-state index in [2.05, 4.69) is 4.98 Å². The van der Waals surface area contributed by atoms with Gasteiger partial charge in [-0.1, -0.05) is 6.07 Å². The maximum Gasteiger partial charge on any atom is 0.212 e. The van der Waals surface area contributed by atoms with Crippen LogP contribution in [0, 0.1) is 0 Å². The Morgan fingerprint density at radius 1 is 1.57 bits per heavy atom. The summed E-state index contributed by atoms with van der Waals surface area (Å²) in [5, 5.41) is 8.73. The van der Waals surface area contributed by atoms with Gasteiger partial charge >= 0.3 is 0 Å². The highest BCUT2D eigenvalue weighted by atomic mass is 35.5. The lowest BCUT2D eigenvalue weighted by Gasteiger charge is -2.07. The largest absolute Gasteiger partial charge is 0.481 e. The maximum atomic E-state index is 8.73. The van der Waals surface area contributed by atoms with Gasteiger partial charge in [-0.05, 0) is 12.0 Å². The van der Waals surface area contributed by atoms with Crippen molar-refractivity contribution in [1.29, 1.82) is 0 Å². The molecule has 0 bridgehead atoms. The van der Waals surface area contributed by atoms with Crippen molar-refractivity contribution < 1.29 is 9.84 Å². The third kappa shape index (κ3) is 3.91. The summed E-state index contributed by atoms with van der Waals surface area (Å²) >= 11 is 0. The average Bonchev–Trinajstić information content (AvgIpc) is 2.19. The van der Waals surface area contributed by atoms with Gasteiger partial charge < -0.3 is 15.6 Å². The van der Waals surface area contributed by atoms with Crippen LogP contribution in [0.3, 0.4) is 0 Å². The lowest BCUT2D eigenvalue weighted by atomic mass is 10.1. The zero-order chi connectivity index (χ0) is 9.68. The highest BCUT2D eigenvalue weighted by Crippen LogP contribution is 2.07. The van der Waals surface area contributed by atoms with E-state index in [-0.39, 0.29) is 25.1 Å². The fourth-order valence-corrected chi connectivity index (χ4v) is 1.02. The number of nitrogens with zero attached hydrogens (tertiary/aromatic N) is 1. The van der Waals surface area contributed by atoms with Crippen LogP contribution in [0.1, 0.15) is 5.56 Å². The highest BCUT2D eigenvalue weighted by Gasteiger charge is 2.02. The Labute approximate surface area is 89.5 Å². The lowest BCUT2D eigenvalue weighted by Crippen LogP contribution is -2.26. The minimum Gasteiger partial charge on any atom is -0.481 e. The van der Waals surface area contributed by atoms with Crippen LogP contribution >= 0.6 is 12.4 Å². The third-order valence-corrected chi connectivity index (χ3v) is 1.74. The van der Waals surface area contributed by atoms with Gasteiger partial charge in [-0.15, -0.1) is 12.4 Å². The SMILES string of the molecule is COc1ccc(CC(N)CO)cn1.Cl. The molecule has 1 unspecified atom stereocenters. The van der Waals surface area contributed by atoms with E-state index in [0.717, 1.165) is 5.56 Å². The van der Waals surface area contributed by atoms with Gasteiger partial charge in [-0.25, -0.2) is 4.98 Å². The molecule has 0 saturated heterocycles. The molecule has 0 aliphatic rings. The van der Waals surface area contributed by atoms with Crippen LogP contribution in [0.25, 0.3) is 0 Å². The van der Waals surface area contributed by atoms with Crippen molar-refractivity contribution >= 4 is 12.4 Å². The van der Waals surface area contributed by atoms with Crippen molar-refractivity contribution in [3.05, 3.63) is 23.9 Å². The fourth-order valence-electron chi connectivity index (χ4n) is 1.02.